The Balaban J connectivity index is 1.28. The highest BCUT2D eigenvalue weighted by Crippen LogP contribution is 2.34. The van der Waals surface area contributed by atoms with Crippen molar-refractivity contribution in [1.82, 2.24) is 4.90 Å². The molecule has 3 aromatic rings. The summed E-state index contributed by atoms with van der Waals surface area (Å²) < 4.78 is 5.18. The highest BCUT2D eigenvalue weighted by Gasteiger charge is 2.36. The molecule has 6 nitrogen and oxygen atoms in total. The van der Waals surface area contributed by atoms with Crippen molar-refractivity contribution in [3.05, 3.63) is 88.4 Å². The molecule has 35 heavy (non-hydrogen) atoms. The summed E-state index contributed by atoms with van der Waals surface area (Å²) in [5.41, 5.74) is 4.80. The van der Waals surface area contributed by atoms with E-state index < -0.39 is 0 Å². The Hall–Kier alpha value is -3.64. The Bertz CT molecular complexity index is 1270. The number of rotatable bonds is 6. The van der Waals surface area contributed by atoms with E-state index in [9.17, 15) is 14.4 Å². The number of nitrogens with one attached hydrogen (secondary N) is 1. The topological polar surface area (TPSA) is 75.7 Å². The molecule has 178 valence electrons. The maximum Gasteiger partial charge on any atom is 0.293 e. The van der Waals surface area contributed by atoms with Crippen molar-refractivity contribution in [3.8, 4) is 11.1 Å². The van der Waals surface area contributed by atoms with Gasteiger partial charge in [-0.3, -0.25) is 14.4 Å². The first-order valence-corrected chi connectivity index (χ1v) is 12.1. The Morgan fingerprint density at radius 1 is 1.03 bits per heavy atom. The number of carbonyl (C=O) groups is 3. The quantitative estimate of drug-likeness (QED) is 0.451. The van der Waals surface area contributed by atoms with E-state index in [0.717, 1.165) is 41.5 Å². The minimum absolute atomic E-state index is 0.0315. The largest absolute Gasteiger partial charge is 0.465 e. The van der Waals surface area contributed by atoms with E-state index in [1.54, 1.807) is 24.3 Å². The molecule has 2 amide bonds. The van der Waals surface area contributed by atoms with E-state index in [0.29, 0.717) is 35.7 Å². The van der Waals surface area contributed by atoms with Crippen molar-refractivity contribution in [1.29, 1.82) is 0 Å². The molecule has 1 saturated carbocycles. The van der Waals surface area contributed by atoms with Gasteiger partial charge in [0.2, 0.25) is 0 Å². The van der Waals surface area contributed by atoms with Crippen LogP contribution in [-0.2, 0) is 16.1 Å². The molecule has 0 spiro atoms. The fraction of sp³-hybridized carbons (Fsp3) is 0.250. The molecule has 3 aromatic carbocycles. The molecular weight excluding hydrogens is 464 g/mol. The second-order valence-corrected chi connectivity index (χ2v) is 9.46. The van der Waals surface area contributed by atoms with Crippen molar-refractivity contribution >= 4 is 35.6 Å². The number of carbonyl (C=O) groups excluding carboxylic acids is 3. The minimum atomic E-state index is -0.230. The van der Waals surface area contributed by atoms with Crippen LogP contribution in [0.5, 0.6) is 0 Å². The van der Waals surface area contributed by atoms with Crippen molar-refractivity contribution < 1.29 is 19.1 Å². The molecule has 0 saturated heterocycles. The predicted molar refractivity (Wildman–Crippen MR) is 134 cm³/mol. The lowest BCUT2D eigenvalue weighted by Gasteiger charge is -2.34. The number of halogens is 1. The van der Waals surface area contributed by atoms with Gasteiger partial charge < -0.3 is 15.0 Å². The van der Waals surface area contributed by atoms with Crippen molar-refractivity contribution in [2.45, 2.75) is 44.4 Å². The van der Waals surface area contributed by atoms with Crippen LogP contribution in [0.25, 0.3) is 11.1 Å². The summed E-state index contributed by atoms with van der Waals surface area (Å²) in [5.74, 6) is -0.198. The molecule has 2 unspecified atom stereocenters. The van der Waals surface area contributed by atoms with Crippen LogP contribution in [0.3, 0.4) is 0 Å². The standard InChI is InChI=1S/C28H25ClN2O4/c29-22-4-1-3-20(13-22)27(33)30-23-11-9-18(10-12-23)19-7-8-21-16-31(28(34)26(21)14-19)24-5-2-6-25(15-24)35-17-32/h1,3-4,7-14,17,24-25H,2,5-6,15-16H2,(H,30,33). The molecule has 0 aromatic heterocycles. The average Bonchev–Trinajstić information content (AvgIpc) is 3.21. The first-order valence-electron chi connectivity index (χ1n) is 11.7. The second-order valence-electron chi connectivity index (χ2n) is 9.02. The van der Waals surface area contributed by atoms with Gasteiger partial charge in [0, 0.05) is 40.8 Å². The highest BCUT2D eigenvalue weighted by molar-refractivity contribution is 6.31. The summed E-state index contributed by atoms with van der Waals surface area (Å²) in [6.45, 7) is 1.09. The number of ether oxygens (including phenoxy) is 1. The molecule has 0 radical (unpaired) electrons. The van der Waals surface area contributed by atoms with Gasteiger partial charge in [0.25, 0.3) is 18.3 Å². The maximum atomic E-state index is 13.2. The SMILES string of the molecule is O=COC1CCCC(N2Cc3ccc(-c4ccc(NC(=O)c5cccc(Cl)c5)cc4)cc3C2=O)C1. The van der Waals surface area contributed by atoms with E-state index in [1.165, 1.54) is 0 Å². The van der Waals surface area contributed by atoms with Gasteiger partial charge >= 0.3 is 0 Å². The third-order valence-electron chi connectivity index (χ3n) is 6.79. The van der Waals surface area contributed by atoms with Gasteiger partial charge in [0.05, 0.1) is 0 Å². The number of benzene rings is 3. The van der Waals surface area contributed by atoms with Crippen molar-refractivity contribution in [2.75, 3.05) is 5.32 Å². The first kappa shape index (κ1) is 23.1. The average molecular weight is 489 g/mol. The molecular formula is C28H25ClN2O4. The zero-order valence-corrected chi connectivity index (χ0v) is 19.8. The number of nitrogens with zero attached hydrogens (tertiary/aromatic N) is 1. The summed E-state index contributed by atoms with van der Waals surface area (Å²) >= 11 is 5.98. The molecule has 1 N–H and O–H groups in total. The molecule has 0 bridgehead atoms. The fourth-order valence-corrected chi connectivity index (χ4v) is 5.17. The monoisotopic (exact) mass is 488 g/mol. The smallest absolute Gasteiger partial charge is 0.293 e. The third kappa shape index (κ3) is 4.93. The predicted octanol–water partition coefficient (Wildman–Crippen LogP) is 5.70. The molecule has 1 aliphatic heterocycles. The zero-order chi connectivity index (χ0) is 24.4. The number of anilines is 1. The lowest BCUT2D eigenvalue weighted by Crippen LogP contribution is -2.40. The minimum Gasteiger partial charge on any atom is -0.465 e. The van der Waals surface area contributed by atoms with Crippen LogP contribution in [-0.4, -0.2) is 35.3 Å². The van der Waals surface area contributed by atoms with Crippen LogP contribution in [0.2, 0.25) is 5.02 Å². The summed E-state index contributed by atoms with van der Waals surface area (Å²) in [7, 11) is 0. The normalized spacial score (nSPS) is 19.2. The molecule has 2 aliphatic rings. The summed E-state index contributed by atoms with van der Waals surface area (Å²) in [5, 5.41) is 3.39. The van der Waals surface area contributed by atoms with Crippen LogP contribution in [0.4, 0.5) is 5.69 Å². The van der Waals surface area contributed by atoms with Gasteiger partial charge in [0.1, 0.15) is 6.10 Å². The third-order valence-corrected chi connectivity index (χ3v) is 7.03. The Labute approximate surface area is 208 Å². The Kier molecular flexibility index (Phi) is 6.55. The van der Waals surface area contributed by atoms with Gasteiger partial charge in [-0.1, -0.05) is 41.9 Å². The molecule has 1 heterocycles. The van der Waals surface area contributed by atoms with Gasteiger partial charge in [0.15, 0.2) is 0 Å². The van der Waals surface area contributed by atoms with Crippen LogP contribution in [0, 0.1) is 0 Å². The van der Waals surface area contributed by atoms with Gasteiger partial charge in [-0.2, -0.15) is 0 Å². The first-order chi connectivity index (χ1) is 17.0. The molecule has 5 rings (SSSR count). The number of amides is 2. The van der Waals surface area contributed by atoms with E-state index in [1.807, 2.05) is 47.4 Å². The molecule has 1 fully saturated rings. The highest BCUT2D eigenvalue weighted by atomic mass is 35.5. The van der Waals surface area contributed by atoms with Crippen LogP contribution in [0.1, 0.15) is 52.0 Å². The molecule has 2 atom stereocenters. The van der Waals surface area contributed by atoms with Crippen LogP contribution >= 0.6 is 11.6 Å². The lowest BCUT2D eigenvalue weighted by atomic mass is 9.92. The van der Waals surface area contributed by atoms with Gasteiger partial charge in [-0.15, -0.1) is 0 Å². The number of hydrogen-bond acceptors (Lipinski definition) is 4. The summed E-state index contributed by atoms with van der Waals surface area (Å²) in [4.78, 5) is 38.4. The second kappa shape index (κ2) is 9.92. The lowest BCUT2D eigenvalue weighted by molar-refractivity contribution is -0.135. The summed E-state index contributed by atoms with van der Waals surface area (Å²) in [6, 6.07) is 20.4. The van der Waals surface area contributed by atoms with Crippen molar-refractivity contribution in [3.63, 3.8) is 0 Å². The van der Waals surface area contributed by atoms with Crippen LogP contribution in [0.15, 0.2) is 66.7 Å². The Morgan fingerprint density at radius 3 is 2.60 bits per heavy atom. The van der Waals surface area contributed by atoms with E-state index in [2.05, 4.69) is 5.32 Å². The Morgan fingerprint density at radius 2 is 1.83 bits per heavy atom. The number of hydrogen-bond donors (Lipinski definition) is 1. The molecule has 7 heteroatoms. The van der Waals surface area contributed by atoms with Gasteiger partial charge in [-0.05, 0) is 72.4 Å². The molecule has 1 aliphatic carbocycles. The maximum absolute atomic E-state index is 13.2. The van der Waals surface area contributed by atoms with Gasteiger partial charge in [-0.25, -0.2) is 0 Å². The zero-order valence-electron chi connectivity index (χ0n) is 19.1. The van der Waals surface area contributed by atoms with E-state index in [4.69, 9.17) is 16.3 Å². The van der Waals surface area contributed by atoms with Crippen LogP contribution < -0.4 is 5.32 Å². The fourth-order valence-electron chi connectivity index (χ4n) is 4.98. The van der Waals surface area contributed by atoms with Crippen molar-refractivity contribution in [2.24, 2.45) is 0 Å². The van der Waals surface area contributed by atoms with E-state index in [-0.39, 0.29) is 24.0 Å². The summed E-state index contributed by atoms with van der Waals surface area (Å²) in [6.07, 6.45) is 3.29. The van der Waals surface area contributed by atoms with E-state index >= 15 is 0 Å². The number of fused-ring (bicyclic) bond motifs is 1.